The van der Waals surface area contributed by atoms with Gasteiger partial charge in [-0.1, -0.05) is 6.92 Å². The Hall–Kier alpha value is -0.0800. The molecule has 2 nitrogen and oxygen atoms in total. The second-order valence-electron chi connectivity index (χ2n) is 2.97. The summed E-state index contributed by atoms with van der Waals surface area (Å²) in [4.78, 5) is 0. The molecule has 1 fully saturated rings. The monoisotopic (exact) mass is 143 g/mol. The number of rotatable bonds is 3. The van der Waals surface area contributed by atoms with Gasteiger partial charge in [-0.2, -0.15) is 0 Å². The van der Waals surface area contributed by atoms with E-state index < -0.39 is 0 Å². The van der Waals surface area contributed by atoms with Crippen LogP contribution in [0.5, 0.6) is 0 Å². The molecule has 60 valence electrons. The van der Waals surface area contributed by atoms with E-state index in [1.165, 1.54) is 6.42 Å². The molecule has 2 heteroatoms. The smallest absolute Gasteiger partial charge is 0.0715 e. The van der Waals surface area contributed by atoms with Gasteiger partial charge in [0.05, 0.1) is 12.2 Å². The van der Waals surface area contributed by atoms with Crippen molar-refractivity contribution in [3.8, 4) is 0 Å². The summed E-state index contributed by atoms with van der Waals surface area (Å²) in [5, 5.41) is 3.28. The minimum atomic E-state index is 0.435. The molecular weight excluding hydrogens is 126 g/mol. The van der Waals surface area contributed by atoms with Crippen LogP contribution in [0.25, 0.3) is 0 Å². The molecule has 1 heterocycles. The van der Waals surface area contributed by atoms with E-state index in [0.717, 1.165) is 19.5 Å². The first-order chi connectivity index (χ1) is 4.83. The lowest BCUT2D eigenvalue weighted by molar-refractivity contribution is 0.00785. The third-order valence-corrected chi connectivity index (χ3v) is 2.01. The highest BCUT2D eigenvalue weighted by Crippen LogP contribution is 2.07. The fourth-order valence-electron chi connectivity index (χ4n) is 1.17. The molecule has 1 rings (SSSR count). The number of hydrogen-bond acceptors (Lipinski definition) is 2. The molecule has 1 aliphatic heterocycles. The Morgan fingerprint density at radius 1 is 1.70 bits per heavy atom. The lowest BCUT2D eigenvalue weighted by atomic mass is 10.3. The molecule has 0 radical (unpaired) electrons. The predicted octanol–water partition coefficient (Wildman–Crippen LogP) is 1.16. The van der Waals surface area contributed by atoms with E-state index in [4.69, 9.17) is 4.74 Å². The summed E-state index contributed by atoms with van der Waals surface area (Å²) in [6.07, 6.45) is 3.22. The van der Waals surface area contributed by atoms with Crippen molar-refractivity contribution in [1.82, 2.24) is 5.32 Å². The SMILES string of the molecule is CCC(C)OC1CCNC1. The second kappa shape index (κ2) is 3.94. The van der Waals surface area contributed by atoms with Crippen LogP contribution in [-0.2, 0) is 4.74 Å². The molecule has 2 unspecified atom stereocenters. The molecule has 2 atom stereocenters. The summed E-state index contributed by atoms with van der Waals surface area (Å²) < 4.78 is 5.70. The van der Waals surface area contributed by atoms with Crippen LogP contribution < -0.4 is 5.32 Å². The normalized spacial score (nSPS) is 28.8. The first kappa shape index (κ1) is 8.02. The zero-order valence-corrected chi connectivity index (χ0v) is 6.89. The first-order valence-electron chi connectivity index (χ1n) is 4.19. The van der Waals surface area contributed by atoms with Crippen molar-refractivity contribution >= 4 is 0 Å². The Labute approximate surface area is 63.0 Å². The molecule has 0 bridgehead atoms. The quantitative estimate of drug-likeness (QED) is 0.640. The van der Waals surface area contributed by atoms with E-state index in [2.05, 4.69) is 19.2 Å². The van der Waals surface area contributed by atoms with Crippen LogP contribution in [0.1, 0.15) is 26.7 Å². The Morgan fingerprint density at radius 3 is 3.00 bits per heavy atom. The fraction of sp³-hybridized carbons (Fsp3) is 1.00. The summed E-state index contributed by atoms with van der Waals surface area (Å²) in [7, 11) is 0. The van der Waals surface area contributed by atoms with Gasteiger partial charge in [-0.15, -0.1) is 0 Å². The summed E-state index contributed by atoms with van der Waals surface area (Å²) >= 11 is 0. The van der Waals surface area contributed by atoms with E-state index >= 15 is 0 Å². The van der Waals surface area contributed by atoms with Crippen LogP contribution in [0.15, 0.2) is 0 Å². The number of ether oxygens (including phenoxy) is 1. The van der Waals surface area contributed by atoms with Gasteiger partial charge >= 0.3 is 0 Å². The largest absolute Gasteiger partial charge is 0.374 e. The molecule has 1 N–H and O–H groups in total. The third-order valence-electron chi connectivity index (χ3n) is 2.01. The highest BCUT2D eigenvalue weighted by atomic mass is 16.5. The van der Waals surface area contributed by atoms with Gasteiger partial charge in [0.2, 0.25) is 0 Å². The average Bonchev–Trinajstić information content (AvgIpc) is 2.40. The minimum Gasteiger partial charge on any atom is -0.374 e. The maximum Gasteiger partial charge on any atom is 0.0715 e. The van der Waals surface area contributed by atoms with Gasteiger partial charge in [0, 0.05) is 6.54 Å². The summed E-state index contributed by atoms with van der Waals surface area (Å²) in [5.41, 5.74) is 0. The molecule has 0 aromatic rings. The predicted molar refractivity (Wildman–Crippen MR) is 42.1 cm³/mol. The van der Waals surface area contributed by atoms with E-state index in [1.807, 2.05) is 0 Å². The zero-order chi connectivity index (χ0) is 7.40. The molecule has 0 amide bonds. The van der Waals surface area contributed by atoms with Gasteiger partial charge in [-0.05, 0) is 26.3 Å². The van der Waals surface area contributed by atoms with Crippen LogP contribution in [0.2, 0.25) is 0 Å². The number of nitrogens with one attached hydrogen (secondary N) is 1. The van der Waals surface area contributed by atoms with E-state index in [0.29, 0.717) is 12.2 Å². The van der Waals surface area contributed by atoms with Gasteiger partial charge in [0.25, 0.3) is 0 Å². The van der Waals surface area contributed by atoms with E-state index in [-0.39, 0.29) is 0 Å². The minimum absolute atomic E-state index is 0.435. The van der Waals surface area contributed by atoms with Crippen molar-refractivity contribution in [2.24, 2.45) is 0 Å². The van der Waals surface area contributed by atoms with Crippen LogP contribution in [0.4, 0.5) is 0 Å². The molecular formula is C8H17NO. The molecule has 0 spiro atoms. The van der Waals surface area contributed by atoms with Crippen LogP contribution in [0, 0.1) is 0 Å². The lowest BCUT2D eigenvalue weighted by Gasteiger charge is -2.15. The summed E-state index contributed by atoms with van der Waals surface area (Å²) in [5.74, 6) is 0. The van der Waals surface area contributed by atoms with Crippen LogP contribution >= 0.6 is 0 Å². The Morgan fingerprint density at radius 2 is 2.50 bits per heavy atom. The van der Waals surface area contributed by atoms with Gasteiger partial charge < -0.3 is 10.1 Å². The maximum atomic E-state index is 5.70. The van der Waals surface area contributed by atoms with Gasteiger partial charge in [0.15, 0.2) is 0 Å². The standard InChI is InChI=1S/C8H17NO/c1-3-7(2)10-8-4-5-9-6-8/h7-9H,3-6H2,1-2H3. The van der Waals surface area contributed by atoms with Crippen molar-refractivity contribution in [1.29, 1.82) is 0 Å². The topological polar surface area (TPSA) is 21.3 Å². The van der Waals surface area contributed by atoms with Crippen LogP contribution in [0.3, 0.4) is 0 Å². The molecule has 0 aliphatic carbocycles. The highest BCUT2D eigenvalue weighted by molar-refractivity contribution is 4.71. The lowest BCUT2D eigenvalue weighted by Crippen LogP contribution is -2.21. The molecule has 0 aromatic heterocycles. The van der Waals surface area contributed by atoms with Crippen molar-refractivity contribution in [3.63, 3.8) is 0 Å². The van der Waals surface area contributed by atoms with Crippen molar-refractivity contribution in [2.45, 2.75) is 38.9 Å². The average molecular weight is 143 g/mol. The Kier molecular flexibility index (Phi) is 3.16. The highest BCUT2D eigenvalue weighted by Gasteiger charge is 2.16. The van der Waals surface area contributed by atoms with E-state index in [1.54, 1.807) is 0 Å². The Balaban J connectivity index is 2.11. The molecule has 0 aromatic carbocycles. The molecule has 10 heavy (non-hydrogen) atoms. The second-order valence-corrected chi connectivity index (χ2v) is 2.97. The van der Waals surface area contributed by atoms with Gasteiger partial charge in [0.1, 0.15) is 0 Å². The zero-order valence-electron chi connectivity index (χ0n) is 6.89. The molecule has 1 saturated heterocycles. The van der Waals surface area contributed by atoms with Crippen molar-refractivity contribution < 1.29 is 4.74 Å². The van der Waals surface area contributed by atoms with Gasteiger partial charge in [-0.3, -0.25) is 0 Å². The van der Waals surface area contributed by atoms with E-state index in [9.17, 15) is 0 Å². The maximum absolute atomic E-state index is 5.70. The molecule has 1 aliphatic rings. The van der Waals surface area contributed by atoms with Crippen LogP contribution in [-0.4, -0.2) is 25.3 Å². The third kappa shape index (κ3) is 2.27. The Bertz CT molecular complexity index is 89.3. The summed E-state index contributed by atoms with van der Waals surface area (Å²) in [6.45, 7) is 6.47. The van der Waals surface area contributed by atoms with Crippen molar-refractivity contribution in [2.75, 3.05) is 13.1 Å². The first-order valence-corrected chi connectivity index (χ1v) is 4.19. The van der Waals surface area contributed by atoms with Crippen molar-refractivity contribution in [3.05, 3.63) is 0 Å². The number of hydrogen-bond donors (Lipinski definition) is 1. The van der Waals surface area contributed by atoms with Gasteiger partial charge in [-0.25, -0.2) is 0 Å². The molecule has 0 saturated carbocycles. The fourth-order valence-corrected chi connectivity index (χ4v) is 1.17. The summed E-state index contributed by atoms with van der Waals surface area (Å²) in [6, 6.07) is 0.